The molecule has 2 radical (unpaired) electrons. The summed E-state index contributed by atoms with van der Waals surface area (Å²) in [5.41, 5.74) is 0. The van der Waals surface area contributed by atoms with Crippen LogP contribution >= 0.6 is 0 Å². The van der Waals surface area contributed by atoms with Gasteiger partial charge in [-0.1, -0.05) is 0 Å². The molecule has 0 bridgehead atoms. The first-order valence-corrected chi connectivity index (χ1v) is 0.894. The van der Waals surface area contributed by atoms with Gasteiger partial charge in [-0.2, -0.15) is 0 Å². The van der Waals surface area contributed by atoms with Gasteiger partial charge in [-0.05, 0) is 0 Å². The second kappa shape index (κ2) is 368. The quantitative estimate of drug-likeness (QED) is 0.553. The topological polar surface area (TPSA) is 95.2 Å². The molecule has 0 rings (SSSR count). The predicted molar refractivity (Wildman–Crippen MR) is 19.9 cm³/mol. The summed E-state index contributed by atoms with van der Waals surface area (Å²) in [6.45, 7) is 19.0. The van der Waals surface area contributed by atoms with Gasteiger partial charge in [0.15, 0.2) is 0 Å². The molecule has 0 atom stereocenters. The molecule has 0 unspecified atom stereocenters. The average molecular weight is 222 g/mol. The maximum Gasteiger partial charge on any atom is 2.00 e. The predicted octanol–water partition coefficient (Wildman–Crippen LogP) is 0.380. The van der Waals surface area contributed by atoms with E-state index in [1.54, 1.807) is 0 Å². The summed E-state index contributed by atoms with van der Waals surface area (Å²) in [5.74, 6) is 0. The number of hydrogen-bond acceptors (Lipinski definition) is 4. The Bertz CT molecular complexity index is 58.2. The molecule has 54 valence electrons. The van der Waals surface area contributed by atoms with Crippen LogP contribution < -0.4 is 0 Å². The summed E-state index contributed by atoms with van der Waals surface area (Å²) >= 11 is 0. The third-order valence-corrected chi connectivity index (χ3v) is 0. The Balaban J connectivity index is -0.00000000500. The molecule has 0 spiro atoms. The van der Waals surface area contributed by atoms with E-state index in [-0.39, 0.29) is 33.6 Å². The van der Waals surface area contributed by atoms with Gasteiger partial charge in [-0.15, -0.1) is 0 Å². The van der Waals surface area contributed by atoms with Crippen molar-refractivity contribution in [1.29, 1.82) is 21.0 Å². The first-order valence-electron chi connectivity index (χ1n) is 0.894. The fourth-order valence-corrected chi connectivity index (χ4v) is 0. The van der Waals surface area contributed by atoms with E-state index >= 15 is 0 Å². The molecule has 0 heterocycles. The molecular formula is C4Co2N4. The fourth-order valence-electron chi connectivity index (χ4n) is 0. The third-order valence-electron chi connectivity index (χ3n) is 0. The largest absolute Gasteiger partial charge is 2.00 e. The normalized spacial score (nSPS) is 0.800. The molecule has 0 aliphatic heterocycles. The summed E-state index contributed by atoms with van der Waals surface area (Å²) in [6.07, 6.45) is 0. The minimum Gasteiger partial charge on any atom is -0.512 e. The first kappa shape index (κ1) is 64.5. The molecule has 10 heavy (non-hydrogen) atoms. The van der Waals surface area contributed by atoms with Gasteiger partial charge in [0.25, 0.3) is 0 Å². The van der Waals surface area contributed by atoms with Crippen molar-refractivity contribution in [3.05, 3.63) is 26.3 Å². The van der Waals surface area contributed by atoms with Crippen molar-refractivity contribution in [2.45, 2.75) is 0 Å². The van der Waals surface area contributed by atoms with Gasteiger partial charge in [0.05, 0.1) is 0 Å². The molecule has 0 aromatic rings. The second-order valence-corrected chi connectivity index (χ2v) is 0. The Morgan fingerprint density at radius 1 is 0.400 bits per heavy atom. The molecule has 0 aliphatic carbocycles. The van der Waals surface area contributed by atoms with Crippen molar-refractivity contribution >= 4 is 0 Å². The number of hydrogen-bond donors (Lipinski definition) is 0. The van der Waals surface area contributed by atoms with Gasteiger partial charge < -0.3 is 47.3 Å². The molecular weight excluding hydrogens is 222 g/mol. The van der Waals surface area contributed by atoms with Crippen LogP contribution in [0, 0.1) is 47.3 Å². The van der Waals surface area contributed by atoms with E-state index < -0.39 is 0 Å². The van der Waals surface area contributed by atoms with E-state index in [0.717, 1.165) is 0 Å². The van der Waals surface area contributed by atoms with Crippen LogP contribution in [0.2, 0.25) is 0 Å². The van der Waals surface area contributed by atoms with Crippen LogP contribution in [0.4, 0.5) is 0 Å². The third kappa shape index (κ3) is 236. The SMILES string of the molecule is [C-]#N.[C-]#N.[C-]#N.[C-]#N.[Co+2].[Co+2]. The molecule has 0 saturated heterocycles. The Labute approximate surface area is 81.1 Å². The van der Waals surface area contributed by atoms with Gasteiger partial charge in [0.2, 0.25) is 0 Å². The zero-order valence-electron chi connectivity index (χ0n) is 4.46. The summed E-state index contributed by atoms with van der Waals surface area (Å²) < 4.78 is 0. The summed E-state index contributed by atoms with van der Waals surface area (Å²) in [7, 11) is 0. The minimum atomic E-state index is 0. The van der Waals surface area contributed by atoms with E-state index in [2.05, 4.69) is 0 Å². The van der Waals surface area contributed by atoms with Crippen molar-refractivity contribution in [3.8, 4) is 0 Å². The Morgan fingerprint density at radius 3 is 0.400 bits per heavy atom. The monoisotopic (exact) mass is 222 g/mol. The molecule has 0 aromatic heterocycles. The van der Waals surface area contributed by atoms with Crippen LogP contribution in [0.3, 0.4) is 0 Å². The van der Waals surface area contributed by atoms with E-state index in [1.807, 2.05) is 0 Å². The van der Waals surface area contributed by atoms with Gasteiger partial charge in [-0.3, -0.25) is 0 Å². The molecule has 0 amide bonds. The minimum absolute atomic E-state index is 0. The van der Waals surface area contributed by atoms with E-state index in [9.17, 15) is 0 Å². The molecule has 0 saturated carbocycles. The zero-order valence-corrected chi connectivity index (χ0v) is 6.54. The van der Waals surface area contributed by atoms with Crippen LogP contribution in [-0.4, -0.2) is 0 Å². The van der Waals surface area contributed by atoms with Crippen LogP contribution in [0.15, 0.2) is 0 Å². The molecule has 0 fully saturated rings. The van der Waals surface area contributed by atoms with Crippen LogP contribution in [-0.2, 0) is 33.6 Å². The van der Waals surface area contributed by atoms with Crippen LogP contribution in [0.25, 0.3) is 0 Å². The molecule has 0 aromatic carbocycles. The summed E-state index contributed by atoms with van der Waals surface area (Å²) in [5, 5.41) is 25.0. The van der Waals surface area contributed by atoms with Crippen molar-refractivity contribution < 1.29 is 33.6 Å². The van der Waals surface area contributed by atoms with Gasteiger partial charge >= 0.3 is 33.6 Å². The second-order valence-electron chi connectivity index (χ2n) is 0. The Kier molecular flexibility index (Phi) is 2370. The van der Waals surface area contributed by atoms with Gasteiger partial charge in [-0.25, -0.2) is 0 Å². The Morgan fingerprint density at radius 2 is 0.400 bits per heavy atom. The molecule has 0 N–H and O–H groups in total. The first-order chi connectivity index (χ1) is 4.00. The van der Waals surface area contributed by atoms with Crippen molar-refractivity contribution in [1.82, 2.24) is 0 Å². The molecule has 4 nitrogen and oxygen atoms in total. The summed E-state index contributed by atoms with van der Waals surface area (Å²) in [6, 6.07) is 0. The standard InChI is InChI=1S/4CN.2Co/c4*1-2;;/q4*-1;2*+2. The number of rotatable bonds is 0. The Hall–Kier alpha value is -1.03. The maximum atomic E-state index is 6.25. The van der Waals surface area contributed by atoms with Crippen molar-refractivity contribution in [2.75, 3.05) is 0 Å². The molecule has 6 heteroatoms. The number of nitrogens with zero attached hydrogens (tertiary/aromatic N) is 4. The zero-order chi connectivity index (χ0) is 8.00. The van der Waals surface area contributed by atoms with E-state index in [1.165, 1.54) is 0 Å². The maximum absolute atomic E-state index is 6.25. The van der Waals surface area contributed by atoms with Crippen LogP contribution in [0.1, 0.15) is 0 Å². The van der Waals surface area contributed by atoms with E-state index in [4.69, 9.17) is 47.3 Å². The average Bonchev–Trinajstić information content (AvgIpc) is 2.03. The van der Waals surface area contributed by atoms with E-state index in [0.29, 0.717) is 0 Å². The van der Waals surface area contributed by atoms with Crippen molar-refractivity contribution in [2.24, 2.45) is 0 Å². The van der Waals surface area contributed by atoms with Crippen molar-refractivity contribution in [3.63, 3.8) is 0 Å². The fraction of sp³-hybridized carbons (Fsp3) is 0. The van der Waals surface area contributed by atoms with Gasteiger partial charge in [0.1, 0.15) is 0 Å². The smallest absolute Gasteiger partial charge is 0.512 e. The molecule has 0 aliphatic rings. The summed E-state index contributed by atoms with van der Waals surface area (Å²) in [4.78, 5) is 0. The van der Waals surface area contributed by atoms with Crippen LogP contribution in [0.5, 0.6) is 0 Å². The van der Waals surface area contributed by atoms with Gasteiger partial charge in [0, 0.05) is 0 Å².